The fourth-order valence-electron chi connectivity index (χ4n) is 2.73. The van der Waals surface area contributed by atoms with Crippen LogP contribution in [0.4, 0.5) is 0 Å². The molecule has 0 saturated heterocycles. The van der Waals surface area contributed by atoms with Crippen molar-refractivity contribution in [3.63, 3.8) is 0 Å². The van der Waals surface area contributed by atoms with Crippen molar-refractivity contribution in [3.8, 4) is 11.5 Å². The highest BCUT2D eigenvalue weighted by Gasteiger charge is 2.31. The summed E-state index contributed by atoms with van der Waals surface area (Å²) in [7, 11) is 1.94. The fraction of sp³-hybridized carbons (Fsp3) is 0.438. The van der Waals surface area contributed by atoms with Crippen molar-refractivity contribution in [1.29, 1.82) is 0 Å². The maximum Gasteiger partial charge on any atom is 0.161 e. The number of aromatic nitrogens is 2. The van der Waals surface area contributed by atoms with Gasteiger partial charge in [-0.05, 0) is 31.7 Å². The minimum Gasteiger partial charge on any atom is -0.486 e. The molecule has 0 amide bonds. The van der Waals surface area contributed by atoms with Crippen LogP contribution in [0.25, 0.3) is 0 Å². The molecule has 2 aromatic rings. The smallest absolute Gasteiger partial charge is 0.161 e. The standard InChI is InChI=1S/C16H21N3O2/c1-3-10-19-12(8-9-18-19)16(17-2)15-11-20-13-6-4-5-7-14(13)21-15/h4-9,15-17H,3,10-11H2,1-2H3. The molecule has 112 valence electrons. The van der Waals surface area contributed by atoms with E-state index < -0.39 is 0 Å². The van der Waals surface area contributed by atoms with Gasteiger partial charge in [-0.15, -0.1) is 0 Å². The average Bonchev–Trinajstić information content (AvgIpc) is 2.97. The molecule has 0 bridgehead atoms. The van der Waals surface area contributed by atoms with Crippen LogP contribution in [0.15, 0.2) is 36.5 Å². The third-order valence-electron chi connectivity index (χ3n) is 3.72. The summed E-state index contributed by atoms with van der Waals surface area (Å²) in [6, 6.07) is 9.88. The first kappa shape index (κ1) is 13.9. The van der Waals surface area contributed by atoms with Gasteiger partial charge in [-0.25, -0.2) is 0 Å². The number of hydrogen-bond acceptors (Lipinski definition) is 4. The Morgan fingerprint density at radius 3 is 2.90 bits per heavy atom. The van der Waals surface area contributed by atoms with E-state index in [1.807, 2.05) is 48.3 Å². The Bertz CT molecular complexity index is 597. The zero-order valence-corrected chi connectivity index (χ0v) is 12.5. The Labute approximate surface area is 124 Å². The normalized spacial score (nSPS) is 18.5. The number of benzene rings is 1. The van der Waals surface area contributed by atoms with E-state index in [0.717, 1.165) is 30.2 Å². The molecule has 2 heterocycles. The molecule has 21 heavy (non-hydrogen) atoms. The molecule has 2 atom stereocenters. The van der Waals surface area contributed by atoms with Gasteiger partial charge in [0.15, 0.2) is 17.6 Å². The van der Waals surface area contributed by atoms with E-state index in [1.54, 1.807) is 0 Å². The molecule has 2 unspecified atom stereocenters. The highest BCUT2D eigenvalue weighted by Crippen LogP contribution is 2.34. The van der Waals surface area contributed by atoms with Crippen molar-refractivity contribution in [1.82, 2.24) is 15.1 Å². The Morgan fingerprint density at radius 1 is 1.33 bits per heavy atom. The van der Waals surface area contributed by atoms with Gasteiger partial charge in [-0.3, -0.25) is 4.68 Å². The molecule has 5 heteroatoms. The molecule has 5 nitrogen and oxygen atoms in total. The van der Waals surface area contributed by atoms with Crippen LogP contribution in [-0.2, 0) is 6.54 Å². The lowest BCUT2D eigenvalue weighted by atomic mass is 10.1. The van der Waals surface area contributed by atoms with Crippen LogP contribution in [0, 0.1) is 0 Å². The van der Waals surface area contributed by atoms with Gasteiger partial charge in [0.1, 0.15) is 6.61 Å². The number of rotatable bonds is 5. The first-order chi connectivity index (χ1) is 10.3. The van der Waals surface area contributed by atoms with Crippen LogP contribution in [0.5, 0.6) is 11.5 Å². The summed E-state index contributed by atoms with van der Waals surface area (Å²) in [5.41, 5.74) is 1.13. The van der Waals surface area contributed by atoms with Crippen LogP contribution < -0.4 is 14.8 Å². The van der Waals surface area contributed by atoms with Gasteiger partial charge in [0, 0.05) is 12.7 Å². The number of likely N-dealkylation sites (N-methyl/N-ethyl adjacent to an activating group) is 1. The quantitative estimate of drug-likeness (QED) is 0.917. The maximum absolute atomic E-state index is 6.11. The van der Waals surface area contributed by atoms with E-state index in [-0.39, 0.29) is 12.1 Å². The summed E-state index contributed by atoms with van der Waals surface area (Å²) in [6.45, 7) is 3.58. The predicted octanol–water partition coefficient (Wildman–Crippen LogP) is 2.39. The fourth-order valence-corrected chi connectivity index (χ4v) is 2.73. The second-order valence-electron chi connectivity index (χ2n) is 5.16. The second kappa shape index (κ2) is 6.18. The molecule has 0 radical (unpaired) electrons. The van der Waals surface area contributed by atoms with Gasteiger partial charge in [-0.1, -0.05) is 19.1 Å². The molecular weight excluding hydrogens is 266 g/mol. The van der Waals surface area contributed by atoms with Crippen LogP contribution in [-0.4, -0.2) is 29.5 Å². The summed E-state index contributed by atoms with van der Waals surface area (Å²) in [5.74, 6) is 1.61. The maximum atomic E-state index is 6.11. The summed E-state index contributed by atoms with van der Waals surface area (Å²) in [4.78, 5) is 0. The monoisotopic (exact) mass is 287 g/mol. The average molecular weight is 287 g/mol. The molecule has 1 aliphatic rings. The lowest BCUT2D eigenvalue weighted by Gasteiger charge is -2.32. The van der Waals surface area contributed by atoms with Gasteiger partial charge in [0.2, 0.25) is 0 Å². The summed E-state index contributed by atoms with van der Waals surface area (Å²) in [5, 5.41) is 7.73. The molecule has 0 aliphatic carbocycles. The lowest BCUT2D eigenvalue weighted by Crippen LogP contribution is -2.41. The molecule has 0 saturated carbocycles. The van der Waals surface area contributed by atoms with E-state index in [2.05, 4.69) is 17.3 Å². The van der Waals surface area contributed by atoms with E-state index in [4.69, 9.17) is 9.47 Å². The van der Waals surface area contributed by atoms with Crippen molar-refractivity contribution in [2.45, 2.75) is 32.0 Å². The largest absolute Gasteiger partial charge is 0.486 e. The van der Waals surface area contributed by atoms with Crippen LogP contribution in [0.1, 0.15) is 25.1 Å². The van der Waals surface area contributed by atoms with E-state index in [1.165, 1.54) is 0 Å². The highest BCUT2D eigenvalue weighted by atomic mass is 16.6. The van der Waals surface area contributed by atoms with Crippen LogP contribution in [0.3, 0.4) is 0 Å². The van der Waals surface area contributed by atoms with Crippen molar-refractivity contribution in [2.24, 2.45) is 0 Å². The van der Waals surface area contributed by atoms with Crippen molar-refractivity contribution < 1.29 is 9.47 Å². The predicted molar refractivity (Wildman–Crippen MR) is 80.7 cm³/mol. The van der Waals surface area contributed by atoms with Gasteiger partial charge >= 0.3 is 0 Å². The van der Waals surface area contributed by atoms with Gasteiger partial charge in [0.25, 0.3) is 0 Å². The molecule has 1 aromatic heterocycles. The summed E-state index contributed by atoms with van der Waals surface area (Å²) < 4.78 is 14.0. The number of nitrogens with zero attached hydrogens (tertiary/aromatic N) is 2. The molecule has 0 fully saturated rings. The highest BCUT2D eigenvalue weighted by molar-refractivity contribution is 5.41. The Kier molecular flexibility index (Phi) is 4.10. The Balaban J connectivity index is 1.83. The Morgan fingerprint density at radius 2 is 2.14 bits per heavy atom. The first-order valence-electron chi connectivity index (χ1n) is 7.41. The van der Waals surface area contributed by atoms with Crippen molar-refractivity contribution >= 4 is 0 Å². The first-order valence-corrected chi connectivity index (χ1v) is 7.41. The molecular formula is C16H21N3O2. The molecule has 0 spiro atoms. The molecule has 1 N–H and O–H groups in total. The topological polar surface area (TPSA) is 48.3 Å². The number of para-hydroxylation sites is 2. The number of ether oxygens (including phenoxy) is 2. The molecule has 1 aromatic carbocycles. The third kappa shape index (κ3) is 2.74. The van der Waals surface area contributed by atoms with Crippen LogP contribution in [0.2, 0.25) is 0 Å². The molecule has 1 aliphatic heterocycles. The van der Waals surface area contributed by atoms with E-state index >= 15 is 0 Å². The van der Waals surface area contributed by atoms with Crippen LogP contribution >= 0.6 is 0 Å². The van der Waals surface area contributed by atoms with E-state index in [9.17, 15) is 0 Å². The van der Waals surface area contributed by atoms with Gasteiger partial charge < -0.3 is 14.8 Å². The number of aryl methyl sites for hydroxylation is 1. The van der Waals surface area contributed by atoms with Gasteiger partial charge in [0.05, 0.1) is 11.7 Å². The van der Waals surface area contributed by atoms with Gasteiger partial charge in [-0.2, -0.15) is 5.10 Å². The second-order valence-corrected chi connectivity index (χ2v) is 5.16. The summed E-state index contributed by atoms with van der Waals surface area (Å²) in [6.07, 6.45) is 2.82. The lowest BCUT2D eigenvalue weighted by molar-refractivity contribution is 0.0613. The third-order valence-corrected chi connectivity index (χ3v) is 3.72. The zero-order chi connectivity index (χ0) is 14.7. The number of hydrogen-bond donors (Lipinski definition) is 1. The number of fused-ring (bicyclic) bond motifs is 1. The zero-order valence-electron chi connectivity index (χ0n) is 12.5. The SMILES string of the molecule is CCCn1nccc1C(NC)C1COc2ccccc2O1. The minimum absolute atomic E-state index is 0.0485. The van der Waals surface area contributed by atoms with Crippen molar-refractivity contribution in [2.75, 3.05) is 13.7 Å². The van der Waals surface area contributed by atoms with E-state index in [0.29, 0.717) is 6.61 Å². The molecule has 3 rings (SSSR count). The summed E-state index contributed by atoms with van der Waals surface area (Å²) >= 11 is 0. The Hall–Kier alpha value is -2.01. The number of nitrogens with one attached hydrogen (secondary N) is 1. The minimum atomic E-state index is -0.0720. The van der Waals surface area contributed by atoms with Crippen molar-refractivity contribution in [3.05, 3.63) is 42.2 Å².